The smallest absolute Gasteiger partial charge is 0.288 e. The van der Waals surface area contributed by atoms with Gasteiger partial charge in [0.15, 0.2) is 12.0 Å². The number of carbonyl (C=O) groups is 3. The van der Waals surface area contributed by atoms with Gasteiger partial charge in [0.25, 0.3) is 11.8 Å². The van der Waals surface area contributed by atoms with E-state index in [1.54, 1.807) is 0 Å². The van der Waals surface area contributed by atoms with Crippen molar-refractivity contribution in [2.75, 3.05) is 5.32 Å². The highest BCUT2D eigenvalue weighted by atomic mass is 32.1. The minimum absolute atomic E-state index is 0.0973. The van der Waals surface area contributed by atoms with Gasteiger partial charge in [0.1, 0.15) is 39.4 Å². The Balaban J connectivity index is 1.73. The van der Waals surface area contributed by atoms with Crippen molar-refractivity contribution >= 4 is 60.9 Å². The molecule has 0 fully saturated rings. The number of imidazole rings is 1. The van der Waals surface area contributed by atoms with E-state index in [1.807, 2.05) is 5.32 Å². The zero-order chi connectivity index (χ0) is 22.5. The summed E-state index contributed by atoms with van der Waals surface area (Å²) in [6.45, 7) is -0.420. The predicted molar refractivity (Wildman–Crippen MR) is 107 cm³/mol. The maximum absolute atomic E-state index is 13.6. The van der Waals surface area contributed by atoms with Crippen LogP contribution in [0.25, 0.3) is 10.1 Å². The molecule has 154 valence electrons. The lowest BCUT2D eigenvalue weighted by Crippen LogP contribution is -2.50. The number of amides is 3. The first kappa shape index (κ1) is 21.0. The summed E-state index contributed by atoms with van der Waals surface area (Å²) in [5.41, 5.74) is -2.78. The van der Waals surface area contributed by atoms with Gasteiger partial charge in [0, 0.05) is 10.9 Å². The minimum atomic E-state index is -2.58. The van der Waals surface area contributed by atoms with E-state index < -0.39 is 47.7 Å². The normalized spacial score (nSPS) is 16.0. The van der Waals surface area contributed by atoms with E-state index in [0.29, 0.717) is 4.70 Å². The predicted octanol–water partition coefficient (Wildman–Crippen LogP) is -1.32. The number of aliphatic hydroxyl groups excluding tert-OH is 1. The van der Waals surface area contributed by atoms with Crippen LogP contribution >= 0.6 is 11.5 Å². The Kier molecular flexibility index (Phi) is 5.03. The van der Waals surface area contributed by atoms with Crippen LogP contribution in [0.5, 0.6) is 0 Å². The molecular weight excluding hydrogens is 429 g/mol. The molecule has 0 aliphatic carbocycles. The molecule has 0 bridgehead atoms. The molecule has 1 aromatic carbocycles. The van der Waals surface area contributed by atoms with Crippen LogP contribution in [0.2, 0.25) is 0 Å². The van der Waals surface area contributed by atoms with Crippen molar-refractivity contribution < 1.29 is 29.0 Å². The van der Waals surface area contributed by atoms with Gasteiger partial charge in [-0.25, -0.2) is 9.37 Å². The molecule has 11 nitrogen and oxygen atoms in total. The van der Waals surface area contributed by atoms with Crippen molar-refractivity contribution in [3.63, 3.8) is 0 Å². The van der Waals surface area contributed by atoms with E-state index in [2.05, 4.69) is 20.0 Å². The molecule has 3 amide bonds. The van der Waals surface area contributed by atoms with Crippen LogP contribution in [-0.2, 0) is 11.3 Å². The summed E-state index contributed by atoms with van der Waals surface area (Å²) < 4.78 is 19.2. The highest BCUT2D eigenvalue weighted by Crippen LogP contribution is 2.28. The summed E-state index contributed by atoms with van der Waals surface area (Å²) in [4.78, 5) is 40.9. The highest BCUT2D eigenvalue weighted by molar-refractivity contribution is 7.13. The van der Waals surface area contributed by atoms with Crippen LogP contribution in [0.1, 0.15) is 33.0 Å². The molecule has 4 rings (SSSR count). The molecule has 3 heterocycles. The first-order chi connectivity index (χ1) is 14.5. The maximum atomic E-state index is 13.6. The number of anilines is 1. The van der Waals surface area contributed by atoms with Crippen LogP contribution in [0.3, 0.4) is 0 Å². The molecule has 31 heavy (non-hydrogen) atoms. The van der Waals surface area contributed by atoms with E-state index in [9.17, 15) is 29.0 Å². The fourth-order valence-electron chi connectivity index (χ4n) is 3.06. The Labute approximate surface area is 179 Å². The zero-order valence-corrected chi connectivity index (χ0v) is 16.2. The lowest BCUT2D eigenvalue weighted by Gasteiger charge is -2.24. The van der Waals surface area contributed by atoms with E-state index >= 15 is 0 Å². The molecule has 1 atom stereocenters. The number of halogens is 1. The first-order valence-electron chi connectivity index (χ1n) is 8.60. The van der Waals surface area contributed by atoms with Gasteiger partial charge in [0.05, 0.1) is 4.70 Å². The Hall–Kier alpha value is -3.29. The number of nitrogens with zero attached hydrogens (tertiary/aromatic N) is 3. The van der Waals surface area contributed by atoms with Crippen LogP contribution in [-0.4, -0.2) is 63.1 Å². The van der Waals surface area contributed by atoms with Crippen LogP contribution in [0.4, 0.5) is 10.2 Å². The lowest BCUT2D eigenvalue weighted by atomic mass is 9.73. The summed E-state index contributed by atoms with van der Waals surface area (Å²) in [5.74, 6) is -3.78. The number of aliphatic hydroxyl groups is 2. The largest absolute Gasteiger partial charge is 0.390 e. The Bertz CT molecular complexity index is 1240. The van der Waals surface area contributed by atoms with E-state index in [4.69, 9.17) is 15.7 Å². The number of benzene rings is 1. The second kappa shape index (κ2) is 7.44. The number of hydrogen-bond acceptors (Lipinski definition) is 8. The average molecular weight is 440 g/mol. The van der Waals surface area contributed by atoms with Crippen LogP contribution < -0.4 is 16.0 Å². The quantitative estimate of drug-likeness (QED) is 0.249. The third-order valence-corrected chi connectivity index (χ3v) is 5.09. The molecule has 0 saturated carbocycles. The molecule has 0 spiro atoms. The molecule has 2 aromatic heterocycles. The summed E-state index contributed by atoms with van der Waals surface area (Å²) in [7, 11) is 10.3. The number of fused-ring (bicyclic) bond motifs is 2. The van der Waals surface area contributed by atoms with Gasteiger partial charge in [0.2, 0.25) is 11.7 Å². The van der Waals surface area contributed by atoms with Crippen molar-refractivity contribution in [3.05, 3.63) is 41.2 Å². The maximum Gasteiger partial charge on any atom is 0.288 e. The summed E-state index contributed by atoms with van der Waals surface area (Å²) in [6, 6.07) is 3.85. The molecular formula is C16H11B2FN6O5S. The summed E-state index contributed by atoms with van der Waals surface area (Å²) in [6.07, 6.45) is -1.61. The van der Waals surface area contributed by atoms with Crippen molar-refractivity contribution in [2.45, 2.75) is 18.3 Å². The van der Waals surface area contributed by atoms with Gasteiger partial charge in [-0.1, -0.05) is 0 Å². The van der Waals surface area contributed by atoms with Gasteiger partial charge < -0.3 is 30.7 Å². The number of nitrogens with one attached hydrogen (secondary N) is 3. The molecule has 15 heteroatoms. The number of carbonyl (C=O) groups excluding carboxylic acids is 3. The second-order valence-corrected chi connectivity index (χ2v) is 7.44. The summed E-state index contributed by atoms with van der Waals surface area (Å²) in [5, 5.41) is 26.4. The van der Waals surface area contributed by atoms with Crippen molar-refractivity contribution in [1.29, 1.82) is 0 Å². The fraction of sp³-hybridized carbons (Fsp3) is 0.188. The topological polar surface area (TPSA) is 158 Å². The lowest BCUT2D eigenvalue weighted by molar-refractivity contribution is -0.126. The van der Waals surface area contributed by atoms with Gasteiger partial charge in [-0.05, 0) is 29.7 Å². The van der Waals surface area contributed by atoms with E-state index in [1.165, 1.54) is 12.1 Å². The molecule has 5 N–H and O–H groups in total. The third-order valence-electron chi connectivity index (χ3n) is 4.26. The average Bonchev–Trinajstić information content (AvgIpc) is 3.21. The Morgan fingerprint density at radius 3 is 2.81 bits per heavy atom. The van der Waals surface area contributed by atoms with Crippen LogP contribution in [0.15, 0.2) is 18.2 Å². The molecule has 3 aromatic rings. The fourth-order valence-corrected chi connectivity index (χ4v) is 3.81. The third kappa shape index (κ3) is 4.02. The van der Waals surface area contributed by atoms with Gasteiger partial charge >= 0.3 is 0 Å². The standard InChI is InChI=1S/C16H11B2FN6O5S/c17-16(18,30)23-15(29)12-21-11(10-14(28)20-8(26)4-25(10)12)22-13(27)9-6-3-5(19)1-2-7(6)31-24-9/h1-3,14,28,30H,4H2,(H,20,26)(H,22,27)(H,23,29). The van der Waals surface area contributed by atoms with Gasteiger partial charge in [-0.15, -0.1) is 0 Å². The molecule has 0 saturated heterocycles. The first-order valence-corrected chi connectivity index (χ1v) is 9.37. The van der Waals surface area contributed by atoms with E-state index in [0.717, 1.165) is 22.2 Å². The Morgan fingerprint density at radius 1 is 1.35 bits per heavy atom. The van der Waals surface area contributed by atoms with Crippen molar-refractivity contribution in [2.24, 2.45) is 0 Å². The van der Waals surface area contributed by atoms with E-state index in [-0.39, 0.29) is 22.6 Å². The molecule has 1 aliphatic heterocycles. The number of rotatable bonds is 4. The van der Waals surface area contributed by atoms with Crippen LogP contribution in [0, 0.1) is 5.82 Å². The van der Waals surface area contributed by atoms with Gasteiger partial charge in [-0.3, -0.25) is 14.4 Å². The summed E-state index contributed by atoms with van der Waals surface area (Å²) >= 11 is 0.978. The number of hydrogen-bond donors (Lipinski definition) is 5. The molecule has 1 unspecified atom stereocenters. The molecule has 1 aliphatic rings. The highest BCUT2D eigenvalue weighted by Gasteiger charge is 2.34. The SMILES string of the molecule is [B]C([B])(O)NC(=O)c1nc(NC(=O)c2nsc3ccc(F)cc23)c2n1CC(=O)NC2O. The monoisotopic (exact) mass is 440 g/mol. The zero-order valence-electron chi connectivity index (χ0n) is 15.4. The van der Waals surface area contributed by atoms with Gasteiger partial charge in [-0.2, -0.15) is 4.37 Å². The van der Waals surface area contributed by atoms with Crippen molar-refractivity contribution in [1.82, 2.24) is 24.6 Å². The minimum Gasteiger partial charge on any atom is -0.390 e. The van der Waals surface area contributed by atoms with Crippen molar-refractivity contribution in [3.8, 4) is 0 Å². The molecule has 4 radical (unpaired) electrons. The Morgan fingerprint density at radius 2 is 2.10 bits per heavy atom. The second-order valence-electron chi connectivity index (χ2n) is 6.63. The number of aromatic nitrogens is 3.